The molecule has 0 aromatic rings. The lowest BCUT2D eigenvalue weighted by atomic mass is 9.90. The maximum absolute atomic E-state index is 10.3. The fraction of sp³-hybridized carbons (Fsp3) is 0.750. The van der Waals surface area contributed by atoms with Crippen LogP contribution in [-0.2, 0) is 4.79 Å². The van der Waals surface area contributed by atoms with E-state index in [1.54, 1.807) is 0 Å². The van der Waals surface area contributed by atoms with Crippen LogP contribution in [0.4, 0.5) is 0 Å². The summed E-state index contributed by atoms with van der Waals surface area (Å²) in [6, 6.07) is 0. The summed E-state index contributed by atoms with van der Waals surface area (Å²) in [6.45, 7) is 0.246. The average Bonchev–Trinajstić information content (AvgIpc) is 2.64. The molecule has 0 heterocycles. The summed E-state index contributed by atoms with van der Waals surface area (Å²) in [5.74, 6) is 0.218. The number of allylic oxidation sites excluding steroid dienone is 1. The van der Waals surface area contributed by atoms with Gasteiger partial charge in [-0.2, -0.15) is 0 Å². The minimum atomic E-state index is -0.703. The van der Waals surface area contributed by atoms with Crippen molar-refractivity contribution in [3.05, 3.63) is 12.2 Å². The maximum atomic E-state index is 10.3. The molecule has 3 nitrogen and oxygen atoms in total. The Balaban J connectivity index is 2.03. The lowest BCUT2D eigenvalue weighted by molar-refractivity contribution is -0.137. The summed E-state index contributed by atoms with van der Waals surface area (Å²) < 4.78 is 0. The molecule has 3 heteroatoms. The molecule has 0 aromatic heterocycles. The topological polar surface area (TPSA) is 57.5 Å². The van der Waals surface area contributed by atoms with Crippen LogP contribution in [0.25, 0.3) is 0 Å². The van der Waals surface area contributed by atoms with Crippen LogP contribution in [0.15, 0.2) is 12.2 Å². The summed E-state index contributed by atoms with van der Waals surface area (Å²) in [4.78, 5) is 10.3. The number of aliphatic carboxylic acids is 1. The molecule has 1 aliphatic rings. The molecule has 0 spiro atoms. The smallest absolute Gasteiger partial charge is 0.303 e. The second-order valence-corrected chi connectivity index (χ2v) is 4.26. The number of carboxylic acid groups (broad SMARTS) is 1. The first-order chi connectivity index (χ1) is 7.24. The standard InChI is InChI=1S/C12H20O3/c13-9-11-7-4-6-10(11)5-2-1-3-8-12(14)15/h4,7,10-11,13H,1-3,5-6,8-9H2,(H,14,15). The highest BCUT2D eigenvalue weighted by atomic mass is 16.4. The number of hydrogen-bond acceptors (Lipinski definition) is 2. The van der Waals surface area contributed by atoms with Crippen LogP contribution in [0, 0.1) is 11.8 Å². The van der Waals surface area contributed by atoms with Crippen LogP contribution in [0.5, 0.6) is 0 Å². The van der Waals surface area contributed by atoms with Crippen molar-refractivity contribution < 1.29 is 15.0 Å². The van der Waals surface area contributed by atoms with Gasteiger partial charge in [-0.05, 0) is 25.2 Å². The van der Waals surface area contributed by atoms with Gasteiger partial charge in [0.15, 0.2) is 0 Å². The van der Waals surface area contributed by atoms with Gasteiger partial charge in [0.2, 0.25) is 0 Å². The molecule has 1 aliphatic carbocycles. The zero-order valence-electron chi connectivity index (χ0n) is 9.06. The molecular formula is C12H20O3. The third-order valence-electron chi connectivity index (χ3n) is 3.10. The summed E-state index contributed by atoms with van der Waals surface area (Å²) in [7, 11) is 0. The number of rotatable bonds is 7. The fourth-order valence-electron chi connectivity index (χ4n) is 2.16. The Bertz CT molecular complexity index is 223. The van der Waals surface area contributed by atoms with Gasteiger partial charge in [0.25, 0.3) is 0 Å². The number of carboxylic acids is 1. The number of carbonyl (C=O) groups is 1. The fourth-order valence-corrected chi connectivity index (χ4v) is 2.16. The number of unbranched alkanes of at least 4 members (excludes halogenated alkanes) is 2. The van der Waals surface area contributed by atoms with Crippen LogP contribution in [0.1, 0.15) is 38.5 Å². The summed E-state index contributed by atoms with van der Waals surface area (Å²) >= 11 is 0. The molecule has 1 rings (SSSR count). The van der Waals surface area contributed by atoms with Crippen molar-refractivity contribution in [1.29, 1.82) is 0 Å². The highest BCUT2D eigenvalue weighted by molar-refractivity contribution is 5.66. The lowest BCUT2D eigenvalue weighted by Crippen LogP contribution is -2.12. The second-order valence-electron chi connectivity index (χ2n) is 4.26. The molecule has 0 saturated heterocycles. The minimum Gasteiger partial charge on any atom is -0.481 e. The van der Waals surface area contributed by atoms with E-state index >= 15 is 0 Å². The molecule has 2 atom stereocenters. The average molecular weight is 212 g/mol. The van der Waals surface area contributed by atoms with Crippen LogP contribution < -0.4 is 0 Å². The van der Waals surface area contributed by atoms with Gasteiger partial charge in [-0.3, -0.25) is 4.79 Å². The lowest BCUT2D eigenvalue weighted by Gasteiger charge is -2.16. The Hall–Kier alpha value is -0.830. The van der Waals surface area contributed by atoms with Crippen LogP contribution >= 0.6 is 0 Å². The van der Waals surface area contributed by atoms with Gasteiger partial charge in [-0.15, -0.1) is 0 Å². The first-order valence-electron chi connectivity index (χ1n) is 5.73. The van der Waals surface area contributed by atoms with E-state index < -0.39 is 5.97 Å². The third kappa shape index (κ3) is 4.47. The number of aliphatic hydroxyl groups excluding tert-OH is 1. The zero-order chi connectivity index (χ0) is 11.1. The predicted octanol–water partition coefficient (Wildman–Crippen LogP) is 2.21. The Labute approximate surface area is 90.8 Å². The van der Waals surface area contributed by atoms with Gasteiger partial charge in [-0.1, -0.05) is 25.0 Å². The van der Waals surface area contributed by atoms with Gasteiger partial charge >= 0.3 is 5.97 Å². The molecule has 2 unspecified atom stereocenters. The molecule has 0 bridgehead atoms. The zero-order valence-corrected chi connectivity index (χ0v) is 9.06. The van der Waals surface area contributed by atoms with Crippen molar-refractivity contribution in [2.75, 3.05) is 6.61 Å². The predicted molar refractivity (Wildman–Crippen MR) is 58.5 cm³/mol. The SMILES string of the molecule is O=C(O)CCCCCC1CC=CC1CO. The molecule has 0 amide bonds. The Kier molecular flexibility index (Phi) is 5.40. The van der Waals surface area contributed by atoms with Gasteiger partial charge in [0.05, 0.1) is 0 Å². The molecule has 0 saturated carbocycles. The maximum Gasteiger partial charge on any atom is 0.303 e. The second kappa shape index (κ2) is 6.62. The Morgan fingerprint density at radius 1 is 1.33 bits per heavy atom. The van der Waals surface area contributed by atoms with Crippen LogP contribution in [-0.4, -0.2) is 22.8 Å². The molecule has 0 aromatic carbocycles. The van der Waals surface area contributed by atoms with Crippen molar-refractivity contribution in [2.24, 2.45) is 11.8 Å². The van der Waals surface area contributed by atoms with Gasteiger partial charge in [-0.25, -0.2) is 0 Å². The summed E-state index contributed by atoms with van der Waals surface area (Å²) in [6.07, 6.45) is 9.55. The third-order valence-corrected chi connectivity index (χ3v) is 3.10. The van der Waals surface area contributed by atoms with Gasteiger partial charge in [0, 0.05) is 18.9 Å². The van der Waals surface area contributed by atoms with Gasteiger partial charge in [0.1, 0.15) is 0 Å². The monoisotopic (exact) mass is 212 g/mol. The molecule has 15 heavy (non-hydrogen) atoms. The van der Waals surface area contributed by atoms with E-state index in [4.69, 9.17) is 10.2 Å². The Morgan fingerprint density at radius 3 is 2.80 bits per heavy atom. The van der Waals surface area contributed by atoms with E-state index in [1.165, 1.54) is 0 Å². The quantitative estimate of drug-likeness (QED) is 0.502. The van der Waals surface area contributed by atoms with Crippen molar-refractivity contribution in [3.8, 4) is 0 Å². The summed E-state index contributed by atoms with van der Waals surface area (Å²) in [5.41, 5.74) is 0. The highest BCUT2D eigenvalue weighted by Gasteiger charge is 2.20. The largest absolute Gasteiger partial charge is 0.481 e. The molecule has 2 N–H and O–H groups in total. The van der Waals surface area contributed by atoms with Crippen LogP contribution in [0.2, 0.25) is 0 Å². The van der Waals surface area contributed by atoms with E-state index in [1.807, 2.05) is 0 Å². The van der Waals surface area contributed by atoms with Gasteiger partial charge < -0.3 is 10.2 Å². The highest BCUT2D eigenvalue weighted by Crippen LogP contribution is 2.29. The van der Waals surface area contributed by atoms with Crippen LogP contribution in [0.3, 0.4) is 0 Å². The van der Waals surface area contributed by atoms with Crippen molar-refractivity contribution in [3.63, 3.8) is 0 Å². The normalized spacial score (nSPS) is 24.6. The number of hydrogen-bond donors (Lipinski definition) is 2. The molecule has 0 aliphatic heterocycles. The first-order valence-corrected chi connectivity index (χ1v) is 5.73. The molecular weight excluding hydrogens is 192 g/mol. The number of aliphatic hydroxyl groups is 1. The molecule has 86 valence electrons. The van der Waals surface area contributed by atoms with E-state index in [9.17, 15) is 4.79 Å². The van der Waals surface area contributed by atoms with Crippen molar-refractivity contribution in [2.45, 2.75) is 38.5 Å². The van der Waals surface area contributed by atoms with E-state index in [-0.39, 0.29) is 13.0 Å². The van der Waals surface area contributed by atoms with Crippen molar-refractivity contribution >= 4 is 5.97 Å². The van der Waals surface area contributed by atoms with E-state index in [2.05, 4.69) is 12.2 Å². The Morgan fingerprint density at radius 2 is 2.13 bits per heavy atom. The van der Waals surface area contributed by atoms with Crippen molar-refractivity contribution in [1.82, 2.24) is 0 Å². The van der Waals surface area contributed by atoms with E-state index in [0.717, 1.165) is 32.1 Å². The molecule has 0 radical (unpaired) electrons. The molecule has 0 fully saturated rings. The minimum absolute atomic E-state index is 0.246. The summed E-state index contributed by atoms with van der Waals surface area (Å²) in [5, 5.41) is 17.5. The van der Waals surface area contributed by atoms with E-state index in [0.29, 0.717) is 11.8 Å². The first kappa shape index (κ1) is 12.2.